The molecule has 0 heterocycles. The Hall–Kier alpha value is -3.67. The maximum Gasteiger partial charge on any atom is 0.306 e. The number of esters is 3. The van der Waals surface area contributed by atoms with E-state index in [2.05, 4.69) is 118 Å². The molecule has 0 fully saturated rings. The first kappa shape index (κ1) is 75.3. The predicted molar refractivity (Wildman–Crippen MR) is 344 cm³/mol. The summed E-state index contributed by atoms with van der Waals surface area (Å²) in [5, 5.41) is 0. The summed E-state index contributed by atoms with van der Waals surface area (Å²) in [5.41, 5.74) is 0. The third-order valence-electron chi connectivity index (χ3n) is 14.6. The number of hydrogen-bond donors (Lipinski definition) is 0. The first-order chi connectivity index (χ1) is 39.0. The lowest BCUT2D eigenvalue weighted by atomic mass is 10.0. The van der Waals surface area contributed by atoms with Gasteiger partial charge in [0.2, 0.25) is 0 Å². The molecule has 6 heteroatoms. The lowest BCUT2D eigenvalue weighted by molar-refractivity contribution is -0.167. The van der Waals surface area contributed by atoms with Gasteiger partial charge in [-0.05, 0) is 96.3 Å². The SMILES string of the molecule is CC/C=C\C/C=C\C/C=C\C/C=C\C/C=C\C/C=C\CCCCCCCCCCCCC(=O)OCC(COC(=O)CCCCCCC/C=C\C/C=C\CCCC)OC(=O)CCCCCCCCCCCCCCCCCCCC. The first-order valence-electron chi connectivity index (χ1n) is 33.7. The van der Waals surface area contributed by atoms with Gasteiger partial charge in [-0.3, -0.25) is 14.4 Å². The van der Waals surface area contributed by atoms with Crippen LogP contribution in [0.2, 0.25) is 0 Å². The van der Waals surface area contributed by atoms with Crippen molar-refractivity contribution in [3.63, 3.8) is 0 Å². The molecule has 0 spiro atoms. The molecular weight excluding hydrogens is 973 g/mol. The summed E-state index contributed by atoms with van der Waals surface area (Å²) >= 11 is 0. The molecule has 0 rings (SSSR count). The van der Waals surface area contributed by atoms with Crippen LogP contribution in [0.25, 0.3) is 0 Å². The lowest BCUT2D eigenvalue weighted by Gasteiger charge is -2.18. The van der Waals surface area contributed by atoms with Crippen molar-refractivity contribution in [2.45, 2.75) is 335 Å². The smallest absolute Gasteiger partial charge is 0.306 e. The van der Waals surface area contributed by atoms with Crippen LogP contribution < -0.4 is 0 Å². The summed E-state index contributed by atoms with van der Waals surface area (Å²) < 4.78 is 16.9. The van der Waals surface area contributed by atoms with E-state index in [-0.39, 0.29) is 31.1 Å². The predicted octanol–water partition coefficient (Wildman–Crippen LogP) is 23.2. The van der Waals surface area contributed by atoms with E-state index in [1.165, 1.54) is 173 Å². The summed E-state index contributed by atoms with van der Waals surface area (Å²) in [7, 11) is 0. The van der Waals surface area contributed by atoms with Crippen molar-refractivity contribution < 1.29 is 28.6 Å². The summed E-state index contributed by atoms with van der Waals surface area (Å²) in [6.07, 6.45) is 89.9. The van der Waals surface area contributed by atoms with Crippen molar-refractivity contribution >= 4 is 17.9 Å². The maximum atomic E-state index is 12.9. The van der Waals surface area contributed by atoms with Crippen LogP contribution in [0.5, 0.6) is 0 Å². The summed E-state index contributed by atoms with van der Waals surface area (Å²) in [4.78, 5) is 38.4. The van der Waals surface area contributed by atoms with Crippen molar-refractivity contribution in [2.24, 2.45) is 0 Å². The molecule has 0 amide bonds. The van der Waals surface area contributed by atoms with E-state index in [1.807, 2.05) is 0 Å². The minimum Gasteiger partial charge on any atom is -0.462 e. The van der Waals surface area contributed by atoms with Gasteiger partial charge in [-0.2, -0.15) is 0 Å². The molecule has 0 saturated heterocycles. The van der Waals surface area contributed by atoms with Gasteiger partial charge in [-0.25, -0.2) is 0 Å². The molecule has 0 aromatic heterocycles. The molecule has 0 N–H and O–H groups in total. The van der Waals surface area contributed by atoms with Crippen LogP contribution in [-0.2, 0) is 28.6 Å². The number of unbranched alkanes of at least 4 members (excludes halogenated alkanes) is 34. The Morgan fingerprint density at radius 1 is 0.266 bits per heavy atom. The van der Waals surface area contributed by atoms with E-state index in [4.69, 9.17) is 14.2 Å². The lowest BCUT2D eigenvalue weighted by Crippen LogP contribution is -2.30. The maximum absolute atomic E-state index is 12.9. The Balaban J connectivity index is 4.30. The van der Waals surface area contributed by atoms with Gasteiger partial charge in [0.25, 0.3) is 0 Å². The molecule has 79 heavy (non-hydrogen) atoms. The average Bonchev–Trinajstić information content (AvgIpc) is 3.45. The van der Waals surface area contributed by atoms with Crippen LogP contribution in [0, 0.1) is 0 Å². The molecule has 0 aliphatic carbocycles. The normalized spacial score (nSPS) is 12.7. The van der Waals surface area contributed by atoms with Crippen molar-refractivity contribution in [3.05, 3.63) is 97.2 Å². The fourth-order valence-corrected chi connectivity index (χ4v) is 9.52. The van der Waals surface area contributed by atoms with Gasteiger partial charge >= 0.3 is 17.9 Å². The summed E-state index contributed by atoms with van der Waals surface area (Å²) in [6, 6.07) is 0. The van der Waals surface area contributed by atoms with E-state index >= 15 is 0 Å². The van der Waals surface area contributed by atoms with E-state index in [9.17, 15) is 14.4 Å². The minimum absolute atomic E-state index is 0.0814. The first-order valence-corrected chi connectivity index (χ1v) is 33.7. The fraction of sp³-hybridized carbons (Fsp3) is 0.740. The van der Waals surface area contributed by atoms with Gasteiger partial charge in [0.15, 0.2) is 6.10 Å². The topological polar surface area (TPSA) is 78.9 Å². The highest BCUT2D eigenvalue weighted by atomic mass is 16.6. The Bertz CT molecular complexity index is 1540. The van der Waals surface area contributed by atoms with Gasteiger partial charge in [-0.15, -0.1) is 0 Å². The van der Waals surface area contributed by atoms with Gasteiger partial charge in [0.05, 0.1) is 0 Å². The molecule has 6 nitrogen and oxygen atoms in total. The Kier molecular flexibility index (Phi) is 63.7. The summed E-state index contributed by atoms with van der Waals surface area (Å²) in [5.74, 6) is -0.884. The van der Waals surface area contributed by atoms with Crippen molar-refractivity contribution in [1.29, 1.82) is 0 Å². The second-order valence-corrected chi connectivity index (χ2v) is 22.4. The van der Waals surface area contributed by atoms with Crippen LogP contribution in [0.4, 0.5) is 0 Å². The Morgan fingerprint density at radius 3 is 0.810 bits per heavy atom. The minimum atomic E-state index is -0.785. The number of hydrogen-bond acceptors (Lipinski definition) is 6. The average molecular weight is 1100 g/mol. The second kappa shape index (κ2) is 66.8. The van der Waals surface area contributed by atoms with Gasteiger partial charge in [0.1, 0.15) is 13.2 Å². The molecule has 0 bridgehead atoms. The number of allylic oxidation sites excluding steroid dienone is 16. The molecule has 454 valence electrons. The summed E-state index contributed by atoms with van der Waals surface area (Å²) in [6.45, 7) is 6.51. The Morgan fingerprint density at radius 2 is 0.506 bits per heavy atom. The van der Waals surface area contributed by atoms with Gasteiger partial charge < -0.3 is 14.2 Å². The number of carbonyl (C=O) groups is 3. The molecule has 1 unspecified atom stereocenters. The highest BCUT2D eigenvalue weighted by Gasteiger charge is 2.19. The number of ether oxygens (including phenoxy) is 3. The zero-order valence-corrected chi connectivity index (χ0v) is 52.1. The molecule has 0 aromatic rings. The largest absolute Gasteiger partial charge is 0.462 e. The Labute approximate surface area is 489 Å². The number of carbonyl (C=O) groups excluding carboxylic acids is 3. The van der Waals surface area contributed by atoms with Crippen LogP contribution in [0.15, 0.2) is 97.2 Å². The molecule has 1 atom stereocenters. The quantitative estimate of drug-likeness (QED) is 0.0261. The molecule has 0 aliphatic rings. The molecule has 0 saturated carbocycles. The van der Waals surface area contributed by atoms with Gasteiger partial charge in [0, 0.05) is 19.3 Å². The zero-order valence-electron chi connectivity index (χ0n) is 52.1. The highest BCUT2D eigenvalue weighted by Crippen LogP contribution is 2.17. The molecule has 0 aliphatic heterocycles. The van der Waals surface area contributed by atoms with Crippen molar-refractivity contribution in [1.82, 2.24) is 0 Å². The standard InChI is InChI=1S/C73H126O6/c1-4-7-10-13-16-19-22-25-28-30-32-33-34-35-36-37-38-39-40-41-42-44-45-48-51-54-57-60-63-66-72(75)78-69-70(68-77-71(74)65-62-59-56-53-50-47-27-24-21-18-15-12-9-6-3)79-73(76)67-64-61-58-55-52-49-46-43-31-29-26-23-20-17-14-11-8-5-2/h7,10,15-16,18-19,24-25,27-28,32-33,35-36,38-39,70H,4-6,8-9,11-14,17,20-23,26,29-31,34,37,40-69H2,1-3H3/b10-7-,18-15-,19-16-,27-24-,28-25-,33-32-,36-35-,39-38-. The second-order valence-electron chi connectivity index (χ2n) is 22.4. The van der Waals surface area contributed by atoms with Crippen LogP contribution >= 0.6 is 0 Å². The zero-order chi connectivity index (χ0) is 57.1. The highest BCUT2D eigenvalue weighted by molar-refractivity contribution is 5.71. The fourth-order valence-electron chi connectivity index (χ4n) is 9.52. The number of rotatable bonds is 61. The van der Waals surface area contributed by atoms with Crippen LogP contribution in [0.1, 0.15) is 329 Å². The van der Waals surface area contributed by atoms with E-state index in [1.54, 1.807) is 0 Å². The molecule has 0 aromatic carbocycles. The van der Waals surface area contributed by atoms with E-state index < -0.39 is 6.10 Å². The molecular formula is C73H126O6. The third kappa shape index (κ3) is 65.0. The van der Waals surface area contributed by atoms with Gasteiger partial charge in [-0.1, -0.05) is 311 Å². The van der Waals surface area contributed by atoms with Crippen molar-refractivity contribution in [2.75, 3.05) is 13.2 Å². The molecule has 0 radical (unpaired) electrons. The van der Waals surface area contributed by atoms with E-state index in [0.717, 1.165) is 116 Å². The van der Waals surface area contributed by atoms with Crippen LogP contribution in [-0.4, -0.2) is 37.2 Å². The van der Waals surface area contributed by atoms with E-state index in [0.29, 0.717) is 19.3 Å². The monoisotopic (exact) mass is 1100 g/mol. The van der Waals surface area contributed by atoms with Crippen LogP contribution in [0.3, 0.4) is 0 Å². The third-order valence-corrected chi connectivity index (χ3v) is 14.6. The van der Waals surface area contributed by atoms with Crippen molar-refractivity contribution in [3.8, 4) is 0 Å².